The average Bonchev–Trinajstić information content (AvgIpc) is 2.58. The molecule has 2 amide bonds. The Morgan fingerprint density at radius 3 is 2.00 bits per heavy atom. The first kappa shape index (κ1) is 18.4. The van der Waals surface area contributed by atoms with Crippen molar-refractivity contribution in [2.75, 3.05) is 16.4 Å². The highest BCUT2D eigenvalue weighted by molar-refractivity contribution is 7.99. The Labute approximate surface area is 151 Å². The molecule has 24 heavy (non-hydrogen) atoms. The number of carbonyl (C=O) groups excluding carboxylic acids is 2. The summed E-state index contributed by atoms with van der Waals surface area (Å²) in [5.74, 6) is 1.04. The van der Waals surface area contributed by atoms with E-state index in [9.17, 15) is 9.59 Å². The Hall–Kier alpha value is -1.98. The van der Waals surface area contributed by atoms with Crippen molar-refractivity contribution in [2.24, 2.45) is 0 Å². The number of anilines is 2. The minimum absolute atomic E-state index is 0.0367. The van der Waals surface area contributed by atoms with Gasteiger partial charge in [-0.3, -0.25) is 9.59 Å². The highest BCUT2D eigenvalue weighted by Gasteiger charge is 2.04. The first-order valence-electron chi connectivity index (χ1n) is 7.59. The Morgan fingerprint density at radius 2 is 1.46 bits per heavy atom. The topological polar surface area (TPSA) is 58.2 Å². The number of carbonyl (C=O) groups is 2. The van der Waals surface area contributed by atoms with E-state index in [2.05, 4.69) is 10.6 Å². The van der Waals surface area contributed by atoms with Gasteiger partial charge < -0.3 is 10.6 Å². The average molecular weight is 363 g/mol. The number of hydrogen-bond acceptors (Lipinski definition) is 3. The highest BCUT2D eigenvalue weighted by atomic mass is 35.5. The van der Waals surface area contributed by atoms with Crippen molar-refractivity contribution in [3.63, 3.8) is 0 Å². The van der Waals surface area contributed by atoms with Crippen molar-refractivity contribution in [2.45, 2.75) is 19.1 Å². The number of nitrogens with one attached hydrogen (secondary N) is 2. The first-order valence-corrected chi connectivity index (χ1v) is 9.12. The lowest BCUT2D eigenvalue weighted by molar-refractivity contribution is -0.116. The smallest absolute Gasteiger partial charge is 0.234 e. The van der Waals surface area contributed by atoms with Crippen LogP contribution in [0, 0.1) is 0 Å². The SMILES string of the molecule is CCC(=O)Nc1ccc(NC(=O)CSCc2ccc(Cl)cc2)cc1. The molecule has 0 saturated carbocycles. The van der Waals surface area contributed by atoms with Gasteiger partial charge in [0.2, 0.25) is 11.8 Å². The Bertz CT molecular complexity index is 687. The van der Waals surface area contributed by atoms with Crippen molar-refractivity contribution < 1.29 is 9.59 Å². The highest BCUT2D eigenvalue weighted by Crippen LogP contribution is 2.17. The molecule has 0 bridgehead atoms. The van der Waals surface area contributed by atoms with E-state index in [-0.39, 0.29) is 11.8 Å². The van der Waals surface area contributed by atoms with Gasteiger partial charge in [0.1, 0.15) is 0 Å². The van der Waals surface area contributed by atoms with E-state index in [1.165, 1.54) is 0 Å². The maximum Gasteiger partial charge on any atom is 0.234 e. The van der Waals surface area contributed by atoms with Gasteiger partial charge in [0.15, 0.2) is 0 Å². The summed E-state index contributed by atoms with van der Waals surface area (Å²) in [4.78, 5) is 23.2. The molecule has 0 radical (unpaired) electrons. The summed E-state index contributed by atoms with van der Waals surface area (Å²) < 4.78 is 0. The molecule has 2 N–H and O–H groups in total. The van der Waals surface area contributed by atoms with Crippen molar-refractivity contribution >= 4 is 46.6 Å². The van der Waals surface area contributed by atoms with E-state index in [0.717, 1.165) is 17.0 Å². The van der Waals surface area contributed by atoms with E-state index >= 15 is 0 Å². The summed E-state index contributed by atoms with van der Waals surface area (Å²) in [6.45, 7) is 1.80. The lowest BCUT2D eigenvalue weighted by Crippen LogP contribution is -2.14. The van der Waals surface area contributed by atoms with Crippen molar-refractivity contribution in [1.82, 2.24) is 0 Å². The molecule has 4 nitrogen and oxygen atoms in total. The number of halogens is 1. The zero-order valence-corrected chi connectivity index (χ0v) is 14.9. The number of amides is 2. The first-order chi connectivity index (χ1) is 11.6. The van der Waals surface area contributed by atoms with Gasteiger partial charge in [0, 0.05) is 28.6 Å². The quantitative estimate of drug-likeness (QED) is 0.759. The van der Waals surface area contributed by atoms with Crippen LogP contribution in [0.2, 0.25) is 5.02 Å². The van der Waals surface area contributed by atoms with Crippen LogP contribution in [0.4, 0.5) is 11.4 Å². The third-order valence-corrected chi connectivity index (χ3v) is 4.44. The molecule has 2 aromatic carbocycles. The second-order valence-corrected chi connectivity index (χ2v) is 6.57. The zero-order chi connectivity index (χ0) is 17.4. The van der Waals surface area contributed by atoms with Crippen molar-refractivity contribution in [3.05, 3.63) is 59.1 Å². The van der Waals surface area contributed by atoms with Crippen LogP contribution in [0.25, 0.3) is 0 Å². The fourth-order valence-electron chi connectivity index (χ4n) is 1.93. The third-order valence-electron chi connectivity index (χ3n) is 3.19. The minimum atomic E-state index is -0.0562. The fraction of sp³-hybridized carbons (Fsp3) is 0.222. The Morgan fingerprint density at radius 1 is 0.917 bits per heavy atom. The second-order valence-electron chi connectivity index (χ2n) is 5.15. The van der Waals surface area contributed by atoms with Gasteiger partial charge in [-0.2, -0.15) is 0 Å². The van der Waals surface area contributed by atoms with Crippen LogP contribution in [0.3, 0.4) is 0 Å². The minimum Gasteiger partial charge on any atom is -0.326 e. The van der Waals surface area contributed by atoms with E-state index in [1.807, 2.05) is 24.3 Å². The van der Waals surface area contributed by atoms with Gasteiger partial charge in [0.05, 0.1) is 5.75 Å². The van der Waals surface area contributed by atoms with Crippen LogP contribution in [-0.2, 0) is 15.3 Å². The van der Waals surface area contributed by atoms with Gasteiger partial charge in [0.25, 0.3) is 0 Å². The van der Waals surface area contributed by atoms with Gasteiger partial charge in [-0.05, 0) is 42.0 Å². The molecule has 6 heteroatoms. The molecule has 2 rings (SSSR count). The van der Waals surface area contributed by atoms with Crippen LogP contribution >= 0.6 is 23.4 Å². The third kappa shape index (κ3) is 6.26. The van der Waals surface area contributed by atoms with Crippen LogP contribution in [-0.4, -0.2) is 17.6 Å². The monoisotopic (exact) mass is 362 g/mol. The molecule has 2 aromatic rings. The van der Waals surface area contributed by atoms with Gasteiger partial charge in [-0.15, -0.1) is 11.8 Å². The number of hydrogen-bond donors (Lipinski definition) is 2. The van der Waals surface area contributed by atoms with E-state index in [0.29, 0.717) is 22.9 Å². The lowest BCUT2D eigenvalue weighted by atomic mass is 10.2. The van der Waals surface area contributed by atoms with Gasteiger partial charge in [-0.25, -0.2) is 0 Å². The number of benzene rings is 2. The summed E-state index contributed by atoms with van der Waals surface area (Å²) in [7, 11) is 0. The maximum absolute atomic E-state index is 11.9. The van der Waals surface area contributed by atoms with Crippen molar-refractivity contribution in [3.8, 4) is 0 Å². The maximum atomic E-state index is 11.9. The number of thioether (sulfide) groups is 1. The van der Waals surface area contributed by atoms with Crippen LogP contribution in [0.5, 0.6) is 0 Å². The van der Waals surface area contributed by atoms with Crippen LogP contribution < -0.4 is 10.6 Å². The molecule has 0 aliphatic heterocycles. The molecule has 0 aliphatic rings. The molecule has 0 aliphatic carbocycles. The van der Waals surface area contributed by atoms with Gasteiger partial charge in [-0.1, -0.05) is 30.7 Å². The Balaban J connectivity index is 1.75. The molecule has 0 unspecified atom stereocenters. The van der Waals surface area contributed by atoms with Crippen molar-refractivity contribution in [1.29, 1.82) is 0 Å². The molecule has 0 spiro atoms. The number of rotatable bonds is 7. The predicted octanol–water partition coefficient (Wildman–Crippen LogP) is 4.56. The molecule has 0 atom stereocenters. The summed E-state index contributed by atoms with van der Waals surface area (Å²) in [6, 6.07) is 14.7. The normalized spacial score (nSPS) is 10.2. The fourth-order valence-corrected chi connectivity index (χ4v) is 2.84. The molecule has 126 valence electrons. The largest absolute Gasteiger partial charge is 0.326 e. The zero-order valence-electron chi connectivity index (χ0n) is 13.3. The standard InChI is InChI=1S/C18H19ClN2O2S/c1-2-17(22)20-15-7-9-16(10-8-15)21-18(23)12-24-11-13-3-5-14(19)6-4-13/h3-10H,2,11-12H2,1H3,(H,20,22)(H,21,23). The molecule has 0 fully saturated rings. The predicted molar refractivity (Wildman–Crippen MR) is 102 cm³/mol. The molecule has 0 heterocycles. The molecule has 0 aromatic heterocycles. The van der Waals surface area contributed by atoms with Crippen LogP contribution in [0.15, 0.2) is 48.5 Å². The summed E-state index contributed by atoms with van der Waals surface area (Å²) in [5.41, 5.74) is 2.56. The molecular formula is C18H19ClN2O2S. The second kappa shape index (κ2) is 9.35. The van der Waals surface area contributed by atoms with Crippen LogP contribution in [0.1, 0.15) is 18.9 Å². The lowest BCUT2D eigenvalue weighted by Gasteiger charge is -2.07. The van der Waals surface area contributed by atoms with E-state index < -0.39 is 0 Å². The Kier molecular flexibility index (Phi) is 7.15. The summed E-state index contributed by atoms with van der Waals surface area (Å²) >= 11 is 7.38. The van der Waals surface area contributed by atoms with E-state index in [1.54, 1.807) is 43.0 Å². The summed E-state index contributed by atoms with van der Waals surface area (Å²) in [6.07, 6.45) is 0.434. The summed E-state index contributed by atoms with van der Waals surface area (Å²) in [5, 5.41) is 6.31. The molecular weight excluding hydrogens is 344 g/mol. The van der Waals surface area contributed by atoms with Gasteiger partial charge >= 0.3 is 0 Å². The van der Waals surface area contributed by atoms with E-state index in [4.69, 9.17) is 11.6 Å². The molecule has 0 saturated heterocycles.